The monoisotopic (exact) mass is 794 g/mol. The van der Waals surface area contributed by atoms with E-state index in [4.69, 9.17) is 32.7 Å². The van der Waals surface area contributed by atoms with E-state index < -0.39 is 38.5 Å². The number of amides is 1. The smallest absolute Gasteiger partial charge is 0.259 e. The molecule has 1 N–H and O–H groups in total. The molecule has 1 heterocycles. The van der Waals surface area contributed by atoms with E-state index in [9.17, 15) is 21.6 Å². The molecule has 0 radical (unpaired) electrons. The van der Waals surface area contributed by atoms with Crippen LogP contribution in [-0.2, 0) is 31.4 Å². The van der Waals surface area contributed by atoms with Crippen LogP contribution >= 0.6 is 39.1 Å². The molecule has 252 valence electrons. The number of hydrogen-bond acceptors (Lipinski definition) is 8. The van der Waals surface area contributed by atoms with Crippen molar-refractivity contribution in [2.45, 2.75) is 22.4 Å². The molecule has 0 spiro atoms. The van der Waals surface area contributed by atoms with E-state index in [1.807, 2.05) is 0 Å². The number of carbonyl (C=O) groups excluding carboxylic acids is 1. The van der Waals surface area contributed by atoms with Crippen LogP contribution in [0, 0.1) is 0 Å². The van der Waals surface area contributed by atoms with Crippen molar-refractivity contribution in [3.63, 3.8) is 0 Å². The van der Waals surface area contributed by atoms with Gasteiger partial charge in [-0.2, -0.15) is 13.7 Å². The van der Waals surface area contributed by atoms with Crippen LogP contribution in [0.1, 0.15) is 11.1 Å². The number of halogens is 3. The van der Waals surface area contributed by atoms with Crippen LogP contribution < -0.4 is 14.9 Å². The Bertz CT molecular complexity index is 2040. The third kappa shape index (κ3) is 8.03. The second-order valence-corrected chi connectivity index (χ2v) is 15.9. The molecule has 48 heavy (non-hydrogen) atoms. The first-order valence-electron chi connectivity index (χ1n) is 14.3. The van der Waals surface area contributed by atoms with Crippen molar-refractivity contribution in [2.24, 2.45) is 5.10 Å². The predicted octanol–water partition coefficient (Wildman–Crippen LogP) is 5.56. The SMILES string of the molecule is COc1cc(/C=N\NC(=O)[C@H]2CN(S(=O)(=O)c3ccccc3)CCN2S(=O)(=O)c2ccccc2)cc(Br)c1OCc1ccc(Cl)c(Cl)c1. The van der Waals surface area contributed by atoms with Crippen molar-refractivity contribution in [1.29, 1.82) is 0 Å². The number of hydrazone groups is 1. The topological polar surface area (TPSA) is 135 Å². The maximum Gasteiger partial charge on any atom is 0.259 e. The minimum Gasteiger partial charge on any atom is -0.493 e. The quantitative estimate of drug-likeness (QED) is 0.155. The number of carbonyl (C=O) groups is 1. The molecular weight excluding hydrogens is 767 g/mol. The molecule has 16 heteroatoms. The van der Waals surface area contributed by atoms with Crippen molar-refractivity contribution in [3.05, 3.63) is 117 Å². The van der Waals surface area contributed by atoms with Crippen molar-refractivity contribution in [2.75, 3.05) is 26.7 Å². The van der Waals surface area contributed by atoms with E-state index in [-0.39, 0.29) is 29.5 Å². The fraction of sp³-hybridized carbons (Fsp3) is 0.188. The highest BCUT2D eigenvalue weighted by atomic mass is 79.9. The second kappa shape index (κ2) is 15.4. The van der Waals surface area contributed by atoms with Gasteiger partial charge in [-0.15, -0.1) is 0 Å². The maximum absolute atomic E-state index is 13.6. The lowest BCUT2D eigenvalue weighted by Gasteiger charge is -2.38. The lowest BCUT2D eigenvalue weighted by molar-refractivity contribution is -0.125. The third-order valence-corrected chi connectivity index (χ3v) is 12.5. The van der Waals surface area contributed by atoms with Gasteiger partial charge in [0, 0.05) is 19.6 Å². The van der Waals surface area contributed by atoms with Gasteiger partial charge in [-0.25, -0.2) is 22.3 Å². The number of benzene rings is 4. The van der Waals surface area contributed by atoms with Gasteiger partial charge >= 0.3 is 0 Å². The highest BCUT2D eigenvalue weighted by Crippen LogP contribution is 2.37. The van der Waals surface area contributed by atoms with Crippen molar-refractivity contribution >= 4 is 71.3 Å². The molecule has 5 rings (SSSR count). The summed E-state index contributed by atoms with van der Waals surface area (Å²) < 4.78 is 68.2. The molecule has 1 fully saturated rings. The Kier molecular flexibility index (Phi) is 11.5. The minimum atomic E-state index is -4.17. The normalized spacial score (nSPS) is 16.1. The summed E-state index contributed by atoms with van der Waals surface area (Å²) in [6, 6.07) is 22.4. The summed E-state index contributed by atoms with van der Waals surface area (Å²) in [6.45, 7) is -0.645. The molecule has 0 saturated carbocycles. The molecule has 0 bridgehead atoms. The van der Waals surface area contributed by atoms with E-state index in [1.165, 1.54) is 37.6 Å². The van der Waals surface area contributed by atoms with Crippen LogP contribution in [0.3, 0.4) is 0 Å². The van der Waals surface area contributed by atoms with Gasteiger partial charge in [0.05, 0.1) is 37.6 Å². The van der Waals surface area contributed by atoms with Crippen LogP contribution in [0.25, 0.3) is 0 Å². The lowest BCUT2D eigenvalue weighted by Crippen LogP contribution is -2.60. The molecule has 1 amide bonds. The number of ether oxygens (including phenoxy) is 2. The minimum absolute atomic E-state index is 0.0240. The Morgan fingerprint density at radius 2 is 1.56 bits per heavy atom. The molecule has 0 aromatic heterocycles. The van der Waals surface area contributed by atoms with E-state index in [0.29, 0.717) is 31.6 Å². The molecule has 11 nitrogen and oxygen atoms in total. The third-order valence-electron chi connectivity index (χ3n) is 7.33. The Labute approximate surface area is 297 Å². The van der Waals surface area contributed by atoms with E-state index in [1.54, 1.807) is 66.7 Å². The van der Waals surface area contributed by atoms with E-state index in [0.717, 1.165) is 14.2 Å². The first-order valence-corrected chi connectivity index (χ1v) is 18.7. The lowest BCUT2D eigenvalue weighted by atomic mass is 10.2. The van der Waals surface area contributed by atoms with Gasteiger partial charge in [0.1, 0.15) is 12.6 Å². The van der Waals surface area contributed by atoms with Crippen molar-refractivity contribution in [1.82, 2.24) is 14.0 Å². The number of methoxy groups -OCH3 is 1. The summed E-state index contributed by atoms with van der Waals surface area (Å²) in [6.07, 6.45) is 1.34. The first kappa shape index (κ1) is 35.8. The number of sulfonamides is 2. The fourth-order valence-corrected chi connectivity index (χ4v) is 8.86. The molecule has 1 saturated heterocycles. The molecule has 0 unspecified atom stereocenters. The zero-order chi connectivity index (χ0) is 34.5. The highest BCUT2D eigenvalue weighted by Gasteiger charge is 2.43. The van der Waals surface area contributed by atoms with E-state index in [2.05, 4.69) is 26.5 Å². The van der Waals surface area contributed by atoms with Gasteiger partial charge in [-0.05, 0) is 75.6 Å². The van der Waals surface area contributed by atoms with Gasteiger partial charge in [0.2, 0.25) is 20.0 Å². The Balaban J connectivity index is 1.36. The maximum atomic E-state index is 13.6. The van der Waals surface area contributed by atoms with Crippen LogP contribution in [0.15, 0.2) is 110 Å². The Hall–Kier alpha value is -3.50. The largest absolute Gasteiger partial charge is 0.493 e. The summed E-state index contributed by atoms with van der Waals surface area (Å²) in [5.74, 6) is -0.0360. The summed E-state index contributed by atoms with van der Waals surface area (Å²) >= 11 is 15.6. The van der Waals surface area contributed by atoms with Gasteiger partial charge in [-0.3, -0.25) is 4.79 Å². The summed E-state index contributed by atoms with van der Waals surface area (Å²) in [5, 5.41) is 4.88. The molecule has 1 aliphatic rings. The van der Waals surface area contributed by atoms with Gasteiger partial charge in [0.25, 0.3) is 5.91 Å². The number of nitrogens with one attached hydrogen (secondary N) is 1. The molecule has 4 aromatic rings. The standard InChI is InChI=1S/C32H29BrCl2N4O7S2/c1-45-30-18-23(16-26(33)31(30)46-21-22-12-13-27(34)28(35)17-22)19-36-37-32(40)29-20-38(47(41,42)24-8-4-2-5-9-24)14-15-39(29)48(43,44)25-10-6-3-7-11-25/h2-13,16-19,29H,14-15,20-21H2,1H3,(H,37,40)/b36-19-/t29-/m1/s1. The number of hydrogen-bond donors (Lipinski definition) is 1. The van der Waals surface area contributed by atoms with E-state index >= 15 is 0 Å². The van der Waals surface area contributed by atoms with Crippen LogP contribution in [0.5, 0.6) is 11.5 Å². The first-order chi connectivity index (χ1) is 22.9. The number of nitrogens with zero attached hydrogens (tertiary/aromatic N) is 3. The number of piperazine rings is 1. The molecule has 1 aliphatic heterocycles. The number of rotatable bonds is 11. The average Bonchev–Trinajstić information content (AvgIpc) is 3.09. The van der Waals surface area contributed by atoms with Crippen LogP contribution in [0.4, 0.5) is 0 Å². The fourth-order valence-electron chi connectivity index (χ4n) is 4.91. The van der Waals surface area contributed by atoms with Crippen LogP contribution in [0.2, 0.25) is 10.0 Å². The second-order valence-electron chi connectivity index (χ2n) is 10.4. The van der Waals surface area contributed by atoms with Crippen molar-refractivity contribution < 1.29 is 31.1 Å². The highest BCUT2D eigenvalue weighted by molar-refractivity contribution is 9.10. The van der Waals surface area contributed by atoms with Gasteiger partial charge in [0.15, 0.2) is 11.5 Å². The molecule has 1 atom stereocenters. The average molecular weight is 797 g/mol. The van der Waals surface area contributed by atoms with Crippen LogP contribution in [-0.4, -0.2) is 70.4 Å². The zero-order valence-corrected chi connectivity index (χ0v) is 30.0. The predicted molar refractivity (Wildman–Crippen MR) is 187 cm³/mol. The molecule has 4 aromatic carbocycles. The zero-order valence-electron chi connectivity index (χ0n) is 25.3. The van der Waals surface area contributed by atoms with Gasteiger partial charge < -0.3 is 9.47 Å². The Morgan fingerprint density at radius 3 is 2.19 bits per heavy atom. The summed E-state index contributed by atoms with van der Waals surface area (Å²) in [4.78, 5) is 13.6. The molecule has 0 aliphatic carbocycles. The molecular formula is C32H29BrCl2N4O7S2. The summed E-state index contributed by atoms with van der Waals surface area (Å²) in [5.41, 5.74) is 3.68. The Morgan fingerprint density at radius 1 is 0.917 bits per heavy atom. The summed E-state index contributed by atoms with van der Waals surface area (Å²) in [7, 11) is -6.72. The van der Waals surface area contributed by atoms with Crippen molar-refractivity contribution in [3.8, 4) is 11.5 Å². The van der Waals surface area contributed by atoms with Gasteiger partial charge in [-0.1, -0.05) is 65.7 Å².